The van der Waals surface area contributed by atoms with Crippen LogP contribution < -0.4 is 5.32 Å². The summed E-state index contributed by atoms with van der Waals surface area (Å²) < 4.78 is 0. The predicted octanol–water partition coefficient (Wildman–Crippen LogP) is -0.389. The summed E-state index contributed by atoms with van der Waals surface area (Å²) in [6.07, 6.45) is -0.690. The van der Waals surface area contributed by atoms with Gasteiger partial charge in [0.05, 0.1) is 5.84 Å². The number of hydrogen-bond donors (Lipinski definition) is 1. The number of aliphatic imine (C=N–C) groups is 1. The highest BCUT2D eigenvalue weighted by molar-refractivity contribution is 5.81. The van der Waals surface area contributed by atoms with E-state index in [0.29, 0.717) is 5.84 Å². The Labute approximate surface area is 51.9 Å². The molecule has 0 saturated carbocycles. The van der Waals surface area contributed by atoms with Crippen molar-refractivity contribution < 1.29 is 4.92 Å². The molecular weight excluding hydrogens is 122 g/mol. The van der Waals surface area contributed by atoms with Crippen LogP contribution in [0.4, 0.5) is 0 Å². The summed E-state index contributed by atoms with van der Waals surface area (Å²) in [6.45, 7) is 1.97. The number of amidine groups is 1. The molecule has 5 heteroatoms. The molecule has 0 aromatic rings. The quantitative estimate of drug-likeness (QED) is 0.387. The summed E-state index contributed by atoms with van der Waals surface area (Å²) in [6, 6.07) is 0. The van der Waals surface area contributed by atoms with Crippen molar-refractivity contribution in [2.75, 3.05) is 6.54 Å². The Balaban J connectivity index is 2.47. The van der Waals surface area contributed by atoms with Gasteiger partial charge in [0.1, 0.15) is 6.54 Å². The first-order valence-electron chi connectivity index (χ1n) is 2.61. The maximum Gasteiger partial charge on any atom is 0.305 e. The molecule has 1 aliphatic rings. The fourth-order valence-electron chi connectivity index (χ4n) is 0.675. The van der Waals surface area contributed by atoms with Gasteiger partial charge in [0.25, 0.3) is 0 Å². The van der Waals surface area contributed by atoms with E-state index in [1.54, 1.807) is 6.92 Å². The molecule has 9 heavy (non-hydrogen) atoms. The van der Waals surface area contributed by atoms with Gasteiger partial charge in [-0.05, 0) is 6.92 Å². The molecule has 0 spiro atoms. The lowest BCUT2D eigenvalue weighted by molar-refractivity contribution is -0.521. The van der Waals surface area contributed by atoms with Gasteiger partial charge in [-0.3, -0.25) is 15.1 Å². The van der Waals surface area contributed by atoms with Crippen molar-refractivity contribution in [2.45, 2.75) is 13.1 Å². The van der Waals surface area contributed by atoms with Crippen molar-refractivity contribution in [3.63, 3.8) is 0 Å². The molecule has 0 saturated heterocycles. The normalized spacial score (nSPS) is 25.0. The molecule has 1 atom stereocenters. The first-order chi connectivity index (χ1) is 4.20. The van der Waals surface area contributed by atoms with Crippen LogP contribution in [0.15, 0.2) is 4.99 Å². The largest absolute Gasteiger partial charge is 0.311 e. The van der Waals surface area contributed by atoms with Gasteiger partial charge in [-0.25, -0.2) is 0 Å². The molecule has 1 aliphatic heterocycles. The molecule has 0 amide bonds. The average molecular weight is 129 g/mol. The minimum Gasteiger partial charge on any atom is -0.311 e. The molecular formula is C4H7N3O2. The summed E-state index contributed by atoms with van der Waals surface area (Å²) in [5, 5.41) is 12.6. The summed E-state index contributed by atoms with van der Waals surface area (Å²) in [5.41, 5.74) is 0. The van der Waals surface area contributed by atoms with E-state index in [9.17, 15) is 10.1 Å². The second kappa shape index (κ2) is 2.00. The van der Waals surface area contributed by atoms with Crippen LogP contribution >= 0.6 is 0 Å². The molecule has 1 unspecified atom stereocenters. The maximum absolute atomic E-state index is 10.0. The molecule has 1 N–H and O–H groups in total. The summed E-state index contributed by atoms with van der Waals surface area (Å²) in [5.74, 6) is 0.650. The molecule has 0 aliphatic carbocycles. The zero-order valence-electron chi connectivity index (χ0n) is 5.00. The minimum absolute atomic E-state index is 0.263. The van der Waals surface area contributed by atoms with Crippen LogP contribution in [0.1, 0.15) is 6.92 Å². The number of rotatable bonds is 1. The topological polar surface area (TPSA) is 67.5 Å². The van der Waals surface area contributed by atoms with Gasteiger partial charge in [-0.1, -0.05) is 0 Å². The third-order valence-corrected chi connectivity index (χ3v) is 1.13. The third-order valence-electron chi connectivity index (χ3n) is 1.13. The van der Waals surface area contributed by atoms with Gasteiger partial charge in [-0.2, -0.15) is 0 Å². The summed E-state index contributed by atoms with van der Waals surface area (Å²) >= 11 is 0. The third kappa shape index (κ3) is 1.16. The van der Waals surface area contributed by atoms with E-state index in [4.69, 9.17) is 0 Å². The summed E-state index contributed by atoms with van der Waals surface area (Å²) in [7, 11) is 0. The number of nitrogens with one attached hydrogen (secondary N) is 1. The molecule has 0 radical (unpaired) electrons. The Bertz CT molecular complexity index is 165. The molecule has 0 fully saturated rings. The van der Waals surface area contributed by atoms with Crippen molar-refractivity contribution in [2.24, 2.45) is 4.99 Å². The highest BCUT2D eigenvalue weighted by atomic mass is 16.6. The molecule has 0 bridgehead atoms. The van der Waals surface area contributed by atoms with Crippen molar-refractivity contribution in [3.8, 4) is 0 Å². The zero-order chi connectivity index (χ0) is 6.85. The van der Waals surface area contributed by atoms with Crippen LogP contribution in [0.25, 0.3) is 0 Å². The van der Waals surface area contributed by atoms with Crippen LogP contribution in [0.3, 0.4) is 0 Å². The monoisotopic (exact) mass is 129 g/mol. The molecule has 0 aromatic heterocycles. The van der Waals surface area contributed by atoms with Crippen LogP contribution in [0.5, 0.6) is 0 Å². The fraction of sp³-hybridized carbons (Fsp3) is 0.750. The molecule has 50 valence electrons. The van der Waals surface area contributed by atoms with Crippen LogP contribution in [0, 0.1) is 10.1 Å². The van der Waals surface area contributed by atoms with Gasteiger partial charge in [0.15, 0.2) is 0 Å². The Morgan fingerprint density at radius 1 is 2.00 bits per heavy atom. The van der Waals surface area contributed by atoms with E-state index in [1.165, 1.54) is 0 Å². The minimum atomic E-state index is -0.690. The van der Waals surface area contributed by atoms with Crippen LogP contribution in [0.2, 0.25) is 0 Å². The zero-order valence-corrected chi connectivity index (χ0v) is 5.00. The van der Waals surface area contributed by atoms with Crippen LogP contribution in [-0.4, -0.2) is 23.5 Å². The van der Waals surface area contributed by atoms with Gasteiger partial charge >= 0.3 is 6.17 Å². The standard InChI is InChI=1S/C4H7N3O2/c1-3-5-2-4(6-3)7(8)9/h4H,2H2,1H3,(H,5,6). The first-order valence-corrected chi connectivity index (χ1v) is 2.61. The second-order valence-electron chi connectivity index (χ2n) is 1.87. The Kier molecular flexibility index (Phi) is 1.33. The van der Waals surface area contributed by atoms with E-state index < -0.39 is 6.17 Å². The van der Waals surface area contributed by atoms with Gasteiger partial charge in [0, 0.05) is 4.92 Å². The van der Waals surface area contributed by atoms with Crippen molar-refractivity contribution in [1.82, 2.24) is 5.32 Å². The Morgan fingerprint density at radius 3 is 2.89 bits per heavy atom. The Morgan fingerprint density at radius 2 is 2.67 bits per heavy atom. The lowest BCUT2D eigenvalue weighted by Gasteiger charge is -1.99. The Hall–Kier alpha value is -1.13. The average Bonchev–Trinajstić information content (AvgIpc) is 2.14. The highest BCUT2D eigenvalue weighted by Crippen LogP contribution is 1.94. The van der Waals surface area contributed by atoms with Crippen molar-refractivity contribution in [1.29, 1.82) is 0 Å². The van der Waals surface area contributed by atoms with Crippen LogP contribution in [-0.2, 0) is 0 Å². The van der Waals surface area contributed by atoms with Gasteiger partial charge < -0.3 is 5.32 Å². The highest BCUT2D eigenvalue weighted by Gasteiger charge is 2.23. The molecule has 1 heterocycles. The van der Waals surface area contributed by atoms with Gasteiger partial charge in [0.2, 0.25) is 0 Å². The smallest absolute Gasteiger partial charge is 0.305 e. The lowest BCUT2D eigenvalue weighted by Crippen LogP contribution is -2.35. The van der Waals surface area contributed by atoms with E-state index in [1.807, 2.05) is 0 Å². The maximum atomic E-state index is 10.0. The number of nitrogens with zero attached hydrogens (tertiary/aromatic N) is 2. The van der Waals surface area contributed by atoms with E-state index in [0.717, 1.165) is 0 Å². The van der Waals surface area contributed by atoms with Crippen molar-refractivity contribution >= 4 is 5.84 Å². The first kappa shape index (κ1) is 6.00. The number of hydrogen-bond acceptors (Lipinski definition) is 4. The SMILES string of the molecule is CC1=NCC([N+](=O)[O-])N1. The predicted molar refractivity (Wildman–Crippen MR) is 31.9 cm³/mol. The number of nitro groups is 1. The van der Waals surface area contributed by atoms with Crippen molar-refractivity contribution in [3.05, 3.63) is 10.1 Å². The van der Waals surface area contributed by atoms with E-state index in [2.05, 4.69) is 10.3 Å². The second-order valence-corrected chi connectivity index (χ2v) is 1.87. The summed E-state index contributed by atoms with van der Waals surface area (Å²) in [4.78, 5) is 13.4. The molecule has 0 aromatic carbocycles. The lowest BCUT2D eigenvalue weighted by atomic mass is 10.5. The van der Waals surface area contributed by atoms with E-state index >= 15 is 0 Å². The van der Waals surface area contributed by atoms with Gasteiger partial charge in [-0.15, -0.1) is 0 Å². The fourth-order valence-corrected chi connectivity index (χ4v) is 0.675. The molecule has 1 rings (SSSR count). The molecule has 5 nitrogen and oxygen atoms in total. The van der Waals surface area contributed by atoms with E-state index in [-0.39, 0.29) is 11.5 Å².